The van der Waals surface area contributed by atoms with Crippen LogP contribution in [0.5, 0.6) is 11.5 Å². The fraction of sp³-hybridized carbons (Fsp3) is 0.500. The molecule has 0 saturated heterocycles. The third-order valence-electron chi connectivity index (χ3n) is 4.62. The van der Waals surface area contributed by atoms with Gasteiger partial charge in [0.2, 0.25) is 0 Å². The maximum atomic E-state index is 11.6. The molecular formula is C26H38N2O4. The minimum Gasteiger partial charge on any atom is -0.494 e. The van der Waals surface area contributed by atoms with Crippen LogP contribution >= 0.6 is 0 Å². The Bertz CT molecular complexity index is 783. The maximum Gasteiger partial charge on any atom is 0.408 e. The van der Waals surface area contributed by atoms with E-state index in [0.29, 0.717) is 13.3 Å². The Morgan fingerprint density at radius 1 is 0.844 bits per heavy atom. The molecule has 0 aliphatic carbocycles. The molecule has 0 radical (unpaired) electrons. The number of benzene rings is 2. The average Bonchev–Trinajstić information content (AvgIpc) is 2.74. The van der Waals surface area contributed by atoms with Crippen molar-refractivity contribution >= 4 is 6.09 Å². The maximum absolute atomic E-state index is 11.6. The molecule has 0 fully saturated rings. The summed E-state index contributed by atoms with van der Waals surface area (Å²) < 4.78 is 16.8. The fourth-order valence-electron chi connectivity index (χ4n) is 2.92. The number of hydrogen-bond donors (Lipinski definition) is 2. The summed E-state index contributed by atoms with van der Waals surface area (Å²) in [5, 5.41) is 5.87. The smallest absolute Gasteiger partial charge is 0.408 e. The van der Waals surface area contributed by atoms with Crippen molar-refractivity contribution in [1.29, 1.82) is 0 Å². The van der Waals surface area contributed by atoms with Crippen LogP contribution in [0.25, 0.3) is 0 Å². The molecule has 0 aliphatic rings. The third kappa shape index (κ3) is 11.6. The van der Waals surface area contributed by atoms with Crippen LogP contribution in [-0.2, 0) is 11.2 Å². The standard InChI is InChI=1S/C26H38N2O4/c1-21-8-12-23(13-9-21)30-18-6-5-7-19-31-24-14-10-22(11-15-24)16-17-27-20-28-25(29)32-26(2,3)4/h8-15,27H,5-7,16-20H2,1-4H3,(H,28,29). The second-order valence-corrected chi connectivity index (χ2v) is 8.82. The van der Waals surface area contributed by atoms with Gasteiger partial charge in [0.1, 0.15) is 17.1 Å². The fourth-order valence-corrected chi connectivity index (χ4v) is 2.92. The largest absolute Gasteiger partial charge is 0.494 e. The van der Waals surface area contributed by atoms with Crippen LogP contribution in [0, 0.1) is 6.92 Å². The average molecular weight is 443 g/mol. The minimum atomic E-state index is -0.482. The van der Waals surface area contributed by atoms with Gasteiger partial charge in [-0.2, -0.15) is 0 Å². The van der Waals surface area contributed by atoms with E-state index in [9.17, 15) is 4.79 Å². The Morgan fingerprint density at radius 3 is 1.97 bits per heavy atom. The molecule has 0 atom stereocenters. The van der Waals surface area contributed by atoms with Crippen LogP contribution in [0.3, 0.4) is 0 Å². The first kappa shape index (κ1) is 25.5. The summed E-state index contributed by atoms with van der Waals surface area (Å²) in [6, 6.07) is 16.3. The Morgan fingerprint density at radius 2 is 1.41 bits per heavy atom. The zero-order chi connectivity index (χ0) is 23.2. The number of rotatable bonds is 13. The number of aryl methyl sites for hydroxylation is 1. The Hall–Kier alpha value is -2.73. The summed E-state index contributed by atoms with van der Waals surface area (Å²) in [5.41, 5.74) is 1.98. The highest BCUT2D eigenvalue weighted by atomic mass is 16.6. The molecule has 2 aromatic carbocycles. The Kier molecular flexibility index (Phi) is 10.9. The van der Waals surface area contributed by atoms with Gasteiger partial charge in [-0.3, -0.25) is 5.32 Å². The molecule has 0 bridgehead atoms. The first-order chi connectivity index (χ1) is 15.3. The van der Waals surface area contributed by atoms with E-state index in [2.05, 4.69) is 41.8 Å². The van der Waals surface area contributed by atoms with E-state index < -0.39 is 11.7 Å². The molecule has 0 aromatic heterocycles. The zero-order valence-electron chi connectivity index (χ0n) is 19.9. The van der Waals surface area contributed by atoms with Gasteiger partial charge in [-0.05, 0) is 83.2 Å². The number of alkyl carbamates (subject to hydrolysis) is 1. The molecule has 6 heteroatoms. The van der Waals surface area contributed by atoms with Crippen molar-refractivity contribution in [2.45, 2.75) is 59.0 Å². The number of carbonyl (C=O) groups excluding carboxylic acids is 1. The van der Waals surface area contributed by atoms with Gasteiger partial charge in [0, 0.05) is 6.54 Å². The lowest BCUT2D eigenvalue weighted by Crippen LogP contribution is -2.38. The van der Waals surface area contributed by atoms with Crippen LogP contribution in [0.4, 0.5) is 4.79 Å². The predicted octanol–water partition coefficient (Wildman–Crippen LogP) is 5.24. The molecule has 1 amide bonds. The van der Waals surface area contributed by atoms with Crippen molar-refractivity contribution in [1.82, 2.24) is 10.6 Å². The summed E-state index contributed by atoms with van der Waals surface area (Å²) >= 11 is 0. The number of unbranched alkanes of at least 4 members (excludes halogenated alkanes) is 2. The molecule has 2 N–H and O–H groups in total. The summed E-state index contributed by atoms with van der Waals surface area (Å²) in [4.78, 5) is 11.6. The summed E-state index contributed by atoms with van der Waals surface area (Å²) in [6.07, 6.45) is 3.56. The van der Waals surface area contributed by atoms with Crippen molar-refractivity contribution in [3.05, 3.63) is 59.7 Å². The van der Waals surface area contributed by atoms with Crippen LogP contribution in [0.1, 0.15) is 51.2 Å². The highest BCUT2D eigenvalue weighted by molar-refractivity contribution is 5.67. The van der Waals surface area contributed by atoms with Crippen molar-refractivity contribution < 1.29 is 19.0 Å². The van der Waals surface area contributed by atoms with E-state index in [1.54, 1.807) is 0 Å². The van der Waals surface area contributed by atoms with Crippen LogP contribution < -0.4 is 20.1 Å². The Labute approximate surface area is 192 Å². The van der Waals surface area contributed by atoms with Gasteiger partial charge < -0.3 is 19.5 Å². The summed E-state index contributed by atoms with van der Waals surface area (Å²) in [5.74, 6) is 1.82. The van der Waals surface area contributed by atoms with Gasteiger partial charge in [-0.1, -0.05) is 29.8 Å². The molecule has 2 aromatic rings. The summed E-state index contributed by atoms with van der Waals surface area (Å²) in [6.45, 7) is 10.2. The highest BCUT2D eigenvalue weighted by Crippen LogP contribution is 2.14. The molecule has 0 saturated carbocycles. The van der Waals surface area contributed by atoms with Gasteiger partial charge in [-0.25, -0.2) is 4.79 Å². The zero-order valence-corrected chi connectivity index (χ0v) is 19.9. The van der Waals surface area contributed by atoms with Crippen LogP contribution in [0.2, 0.25) is 0 Å². The van der Waals surface area contributed by atoms with E-state index in [0.717, 1.165) is 50.3 Å². The number of ether oxygens (including phenoxy) is 3. The molecule has 2 rings (SSSR count). The second-order valence-electron chi connectivity index (χ2n) is 8.82. The monoisotopic (exact) mass is 442 g/mol. The molecule has 0 heterocycles. The molecule has 6 nitrogen and oxygen atoms in total. The van der Waals surface area contributed by atoms with Gasteiger partial charge in [0.25, 0.3) is 0 Å². The van der Waals surface area contributed by atoms with Gasteiger partial charge in [0.15, 0.2) is 0 Å². The van der Waals surface area contributed by atoms with E-state index in [4.69, 9.17) is 14.2 Å². The normalized spacial score (nSPS) is 11.1. The third-order valence-corrected chi connectivity index (χ3v) is 4.62. The van der Waals surface area contributed by atoms with Crippen molar-refractivity contribution in [2.24, 2.45) is 0 Å². The molecule has 0 spiro atoms. The minimum absolute atomic E-state index is 0.381. The van der Waals surface area contributed by atoms with Crippen LogP contribution in [-0.4, -0.2) is 38.1 Å². The first-order valence-corrected chi connectivity index (χ1v) is 11.4. The number of carbonyl (C=O) groups is 1. The topological polar surface area (TPSA) is 68.8 Å². The molecule has 0 unspecified atom stereocenters. The number of nitrogens with one attached hydrogen (secondary N) is 2. The second kappa shape index (κ2) is 13.6. The Balaban J connectivity index is 1.48. The quantitative estimate of drug-likeness (QED) is 0.328. The molecule has 32 heavy (non-hydrogen) atoms. The lowest BCUT2D eigenvalue weighted by atomic mass is 10.1. The van der Waals surface area contributed by atoms with Crippen molar-refractivity contribution in [3.63, 3.8) is 0 Å². The predicted molar refractivity (Wildman–Crippen MR) is 128 cm³/mol. The van der Waals surface area contributed by atoms with Crippen molar-refractivity contribution in [2.75, 3.05) is 26.4 Å². The number of hydrogen-bond acceptors (Lipinski definition) is 5. The van der Waals surface area contributed by atoms with E-state index in [1.807, 2.05) is 45.0 Å². The SMILES string of the molecule is Cc1ccc(OCCCCCOc2ccc(CCNCNC(=O)OC(C)(C)C)cc2)cc1. The van der Waals surface area contributed by atoms with Crippen LogP contribution in [0.15, 0.2) is 48.5 Å². The van der Waals surface area contributed by atoms with E-state index in [1.165, 1.54) is 11.1 Å². The highest BCUT2D eigenvalue weighted by Gasteiger charge is 2.15. The molecular weight excluding hydrogens is 404 g/mol. The van der Waals surface area contributed by atoms with E-state index in [-0.39, 0.29) is 0 Å². The molecule has 0 aliphatic heterocycles. The lowest BCUT2D eigenvalue weighted by Gasteiger charge is -2.19. The lowest BCUT2D eigenvalue weighted by molar-refractivity contribution is 0.0524. The van der Waals surface area contributed by atoms with Gasteiger partial charge >= 0.3 is 6.09 Å². The molecule has 176 valence electrons. The number of amides is 1. The first-order valence-electron chi connectivity index (χ1n) is 11.4. The van der Waals surface area contributed by atoms with Crippen molar-refractivity contribution in [3.8, 4) is 11.5 Å². The van der Waals surface area contributed by atoms with Gasteiger partial charge in [0.05, 0.1) is 19.9 Å². The van der Waals surface area contributed by atoms with Gasteiger partial charge in [-0.15, -0.1) is 0 Å². The summed E-state index contributed by atoms with van der Waals surface area (Å²) in [7, 11) is 0. The van der Waals surface area contributed by atoms with E-state index >= 15 is 0 Å².